The number of benzene rings is 1. The predicted octanol–water partition coefficient (Wildman–Crippen LogP) is 5.86. The molecule has 1 fully saturated rings. The molecule has 0 amide bonds. The van der Waals surface area contributed by atoms with Gasteiger partial charge >= 0.3 is 0 Å². The number of halogens is 1. The Labute approximate surface area is 178 Å². The normalized spacial score (nSPS) is 17.1. The van der Waals surface area contributed by atoms with Crippen LogP contribution in [0.15, 0.2) is 40.1 Å². The Morgan fingerprint density at radius 3 is 2.90 bits per heavy atom. The first-order chi connectivity index (χ1) is 14.3. The number of nitrogens with zero attached hydrogens (tertiary/aromatic N) is 3. The number of furan rings is 1. The number of rotatable bonds is 5. The van der Waals surface area contributed by atoms with Gasteiger partial charge in [-0.05, 0) is 37.1 Å². The van der Waals surface area contributed by atoms with Crippen LogP contribution in [0, 0.1) is 0 Å². The van der Waals surface area contributed by atoms with Crippen molar-refractivity contribution in [3.05, 3.63) is 46.7 Å². The second-order valence-electron chi connectivity index (χ2n) is 7.40. The lowest BCUT2D eigenvalue weighted by molar-refractivity contribution is -0.0168. The van der Waals surface area contributed by atoms with Crippen molar-refractivity contribution in [3.8, 4) is 17.3 Å². The molecular weight excluding hydrogens is 410 g/mol. The van der Waals surface area contributed by atoms with E-state index in [2.05, 4.69) is 14.8 Å². The third kappa shape index (κ3) is 3.91. The minimum atomic E-state index is 0.271. The number of thioether (sulfide) groups is 1. The van der Waals surface area contributed by atoms with Crippen molar-refractivity contribution in [2.75, 3.05) is 6.79 Å². The highest BCUT2D eigenvalue weighted by atomic mass is 35.5. The summed E-state index contributed by atoms with van der Waals surface area (Å²) >= 11 is 7.98. The van der Waals surface area contributed by atoms with Crippen LogP contribution in [-0.2, 0) is 17.1 Å². The van der Waals surface area contributed by atoms with Crippen LogP contribution in [0.5, 0.6) is 5.75 Å². The molecule has 2 aliphatic rings. The van der Waals surface area contributed by atoms with Gasteiger partial charge in [-0.2, -0.15) is 0 Å². The summed E-state index contributed by atoms with van der Waals surface area (Å²) in [4.78, 5) is 0. The van der Waals surface area contributed by atoms with Gasteiger partial charge in [0.05, 0.1) is 12.9 Å². The molecule has 1 aromatic carbocycles. The van der Waals surface area contributed by atoms with Crippen LogP contribution in [0.3, 0.4) is 0 Å². The van der Waals surface area contributed by atoms with Crippen molar-refractivity contribution in [3.63, 3.8) is 0 Å². The molecule has 3 aromatic rings. The monoisotopic (exact) mass is 431 g/mol. The molecule has 29 heavy (non-hydrogen) atoms. The first-order valence-corrected chi connectivity index (χ1v) is 11.3. The van der Waals surface area contributed by atoms with Gasteiger partial charge in [0.25, 0.3) is 0 Å². The number of fused-ring (bicyclic) bond motifs is 1. The van der Waals surface area contributed by atoms with E-state index in [0.717, 1.165) is 46.5 Å². The van der Waals surface area contributed by atoms with Gasteiger partial charge in [-0.1, -0.05) is 42.6 Å². The van der Waals surface area contributed by atoms with E-state index in [4.69, 9.17) is 25.5 Å². The van der Waals surface area contributed by atoms with E-state index in [1.807, 2.05) is 24.3 Å². The van der Waals surface area contributed by atoms with Gasteiger partial charge in [0.15, 0.2) is 17.7 Å². The van der Waals surface area contributed by atoms with E-state index in [-0.39, 0.29) is 6.79 Å². The summed E-state index contributed by atoms with van der Waals surface area (Å²) in [6, 6.07) is 8.11. The quantitative estimate of drug-likeness (QED) is 0.472. The average Bonchev–Trinajstić information content (AvgIpc) is 3.42. The summed E-state index contributed by atoms with van der Waals surface area (Å²) in [5, 5.41) is 10.6. The van der Waals surface area contributed by atoms with Gasteiger partial charge in [0.2, 0.25) is 5.82 Å². The summed E-state index contributed by atoms with van der Waals surface area (Å²) in [7, 11) is 0. The molecular formula is C21H22ClN3O3S. The molecule has 0 spiro atoms. The lowest BCUT2D eigenvalue weighted by Gasteiger charge is -2.25. The molecule has 5 rings (SSSR count). The van der Waals surface area contributed by atoms with Crippen molar-refractivity contribution in [1.29, 1.82) is 0 Å². The van der Waals surface area contributed by atoms with E-state index >= 15 is 0 Å². The Morgan fingerprint density at radius 2 is 2.07 bits per heavy atom. The first-order valence-electron chi connectivity index (χ1n) is 9.93. The lowest BCUT2D eigenvalue weighted by atomic mass is 9.95. The lowest BCUT2D eigenvalue weighted by Crippen LogP contribution is -2.15. The molecule has 152 valence electrons. The third-order valence-electron chi connectivity index (χ3n) is 5.45. The largest absolute Gasteiger partial charge is 0.467 e. The minimum Gasteiger partial charge on any atom is -0.467 e. The van der Waals surface area contributed by atoms with Crippen LogP contribution >= 0.6 is 23.4 Å². The summed E-state index contributed by atoms with van der Waals surface area (Å²) in [6.07, 6.45) is 7.74. The van der Waals surface area contributed by atoms with Crippen molar-refractivity contribution >= 4 is 23.4 Å². The summed E-state index contributed by atoms with van der Waals surface area (Å²) in [6.45, 7) is 0.793. The second kappa shape index (κ2) is 8.42. The van der Waals surface area contributed by atoms with Gasteiger partial charge in [0, 0.05) is 27.9 Å². The van der Waals surface area contributed by atoms with Crippen LogP contribution in [0.1, 0.15) is 49.3 Å². The third-order valence-corrected chi connectivity index (χ3v) is 6.66. The predicted molar refractivity (Wildman–Crippen MR) is 111 cm³/mol. The SMILES string of the molecule is Clc1cc2c(c(CSc3nnc(-c4ccco4)n3C3CCCCC3)c1)OCOC2. The standard InChI is InChI=1S/C21H22ClN3O3S/c22-16-9-14-11-26-13-28-19(14)15(10-16)12-29-21-24-23-20(18-7-4-8-27-18)25(21)17-5-2-1-3-6-17/h4,7-10,17H,1-3,5-6,11-13H2. The Balaban J connectivity index is 1.45. The van der Waals surface area contributed by atoms with Gasteiger partial charge in [-0.3, -0.25) is 4.57 Å². The van der Waals surface area contributed by atoms with Crippen molar-refractivity contribution in [2.24, 2.45) is 0 Å². The van der Waals surface area contributed by atoms with Crippen LogP contribution in [0.2, 0.25) is 5.02 Å². The molecule has 0 radical (unpaired) electrons. The van der Waals surface area contributed by atoms with E-state index in [1.165, 1.54) is 19.3 Å². The average molecular weight is 432 g/mol. The molecule has 2 aromatic heterocycles. The summed E-state index contributed by atoms with van der Waals surface area (Å²) in [5.41, 5.74) is 2.04. The number of hydrogen-bond acceptors (Lipinski definition) is 6. The molecule has 6 nitrogen and oxygen atoms in total. The summed E-state index contributed by atoms with van der Waals surface area (Å²) < 4.78 is 19.0. The number of aromatic nitrogens is 3. The highest BCUT2D eigenvalue weighted by Gasteiger charge is 2.25. The van der Waals surface area contributed by atoms with E-state index in [1.54, 1.807) is 18.0 Å². The Morgan fingerprint density at radius 1 is 1.17 bits per heavy atom. The highest BCUT2D eigenvalue weighted by Crippen LogP contribution is 2.39. The van der Waals surface area contributed by atoms with Crippen molar-refractivity contribution in [1.82, 2.24) is 14.8 Å². The molecule has 3 heterocycles. The number of hydrogen-bond donors (Lipinski definition) is 0. The van der Waals surface area contributed by atoms with Gasteiger partial charge < -0.3 is 13.9 Å². The van der Waals surface area contributed by atoms with Gasteiger partial charge in [-0.25, -0.2) is 0 Å². The van der Waals surface area contributed by atoms with Crippen LogP contribution < -0.4 is 4.74 Å². The Kier molecular flexibility index (Phi) is 5.52. The fraction of sp³-hybridized carbons (Fsp3) is 0.429. The molecule has 0 saturated heterocycles. The molecule has 8 heteroatoms. The second-order valence-corrected chi connectivity index (χ2v) is 8.78. The van der Waals surface area contributed by atoms with E-state index in [9.17, 15) is 0 Å². The van der Waals surface area contributed by atoms with E-state index < -0.39 is 0 Å². The first kappa shape index (κ1) is 19.0. The van der Waals surface area contributed by atoms with Crippen LogP contribution in [-0.4, -0.2) is 21.6 Å². The number of ether oxygens (including phenoxy) is 2. The molecule has 0 atom stereocenters. The fourth-order valence-electron chi connectivity index (χ4n) is 4.12. The van der Waals surface area contributed by atoms with Crippen LogP contribution in [0.25, 0.3) is 11.6 Å². The molecule has 1 saturated carbocycles. The van der Waals surface area contributed by atoms with Crippen molar-refractivity contribution < 1.29 is 13.9 Å². The Bertz CT molecular complexity index is 983. The molecule has 0 N–H and O–H groups in total. The van der Waals surface area contributed by atoms with E-state index in [0.29, 0.717) is 23.4 Å². The maximum atomic E-state index is 6.32. The molecule has 0 bridgehead atoms. The molecule has 0 unspecified atom stereocenters. The van der Waals surface area contributed by atoms with Crippen LogP contribution in [0.4, 0.5) is 0 Å². The highest BCUT2D eigenvalue weighted by molar-refractivity contribution is 7.98. The maximum Gasteiger partial charge on any atom is 0.200 e. The molecule has 1 aliphatic heterocycles. The Hall–Kier alpha value is -1.96. The minimum absolute atomic E-state index is 0.271. The zero-order valence-corrected chi connectivity index (χ0v) is 17.5. The summed E-state index contributed by atoms with van der Waals surface area (Å²) in [5.74, 6) is 3.15. The topological polar surface area (TPSA) is 62.3 Å². The van der Waals surface area contributed by atoms with Gasteiger partial charge in [0.1, 0.15) is 5.75 Å². The fourth-order valence-corrected chi connectivity index (χ4v) is 5.36. The molecule has 1 aliphatic carbocycles. The zero-order chi connectivity index (χ0) is 19.6. The zero-order valence-electron chi connectivity index (χ0n) is 16.0. The van der Waals surface area contributed by atoms with Gasteiger partial charge in [-0.15, -0.1) is 10.2 Å². The van der Waals surface area contributed by atoms with Crippen molar-refractivity contribution in [2.45, 2.75) is 55.7 Å². The smallest absolute Gasteiger partial charge is 0.200 e. The maximum absolute atomic E-state index is 6.32.